The van der Waals surface area contributed by atoms with Crippen molar-refractivity contribution in [2.45, 2.75) is 37.8 Å². The zero-order valence-corrected chi connectivity index (χ0v) is 18.9. The number of benzene rings is 2. The summed E-state index contributed by atoms with van der Waals surface area (Å²) >= 11 is 0. The molecule has 2 atom stereocenters. The van der Waals surface area contributed by atoms with Crippen LogP contribution in [0.25, 0.3) is 11.1 Å². The fraction of sp³-hybridized carbons (Fsp3) is 0.458. The van der Waals surface area contributed by atoms with Crippen LogP contribution in [0, 0.1) is 11.2 Å². The van der Waals surface area contributed by atoms with Crippen LogP contribution in [-0.2, 0) is 16.4 Å². The Bertz CT molecular complexity index is 1130. The first-order chi connectivity index (χ1) is 15.3. The van der Waals surface area contributed by atoms with E-state index in [1.807, 2.05) is 36.4 Å². The molecule has 170 valence electrons. The van der Waals surface area contributed by atoms with Gasteiger partial charge in [0.25, 0.3) is 0 Å². The molecule has 6 nitrogen and oxygen atoms in total. The van der Waals surface area contributed by atoms with E-state index in [0.29, 0.717) is 17.7 Å². The maximum atomic E-state index is 15.6. The molecule has 0 bridgehead atoms. The third-order valence-electron chi connectivity index (χ3n) is 7.13. The van der Waals surface area contributed by atoms with E-state index in [2.05, 4.69) is 4.72 Å². The van der Waals surface area contributed by atoms with Crippen LogP contribution in [0.1, 0.15) is 24.8 Å². The van der Waals surface area contributed by atoms with Crippen molar-refractivity contribution in [3.8, 4) is 11.1 Å². The molecule has 1 aliphatic carbocycles. The van der Waals surface area contributed by atoms with Crippen molar-refractivity contribution in [1.82, 2.24) is 14.5 Å². The number of hydrogen-bond donors (Lipinski definition) is 1. The summed E-state index contributed by atoms with van der Waals surface area (Å²) in [6.45, 7) is 1.95. The SMILES string of the molecule is CS(=O)(=O)N[C@@H]1[C@H](Cc2cccc(-c3ccccc3)c2F)N(C(=O)N2CCC2)CC12CC2. The van der Waals surface area contributed by atoms with Crippen LogP contribution in [0.4, 0.5) is 9.18 Å². The number of nitrogens with zero attached hydrogens (tertiary/aromatic N) is 2. The third kappa shape index (κ3) is 3.90. The lowest BCUT2D eigenvalue weighted by atomic mass is 9.91. The van der Waals surface area contributed by atoms with Gasteiger partial charge in [-0.2, -0.15) is 0 Å². The van der Waals surface area contributed by atoms with Gasteiger partial charge >= 0.3 is 6.03 Å². The lowest BCUT2D eigenvalue weighted by Crippen LogP contribution is -2.54. The Morgan fingerprint density at radius 3 is 2.44 bits per heavy atom. The molecule has 1 spiro atoms. The fourth-order valence-electron chi connectivity index (χ4n) is 5.14. The summed E-state index contributed by atoms with van der Waals surface area (Å²) in [4.78, 5) is 16.8. The maximum absolute atomic E-state index is 15.6. The molecule has 1 N–H and O–H groups in total. The Morgan fingerprint density at radius 2 is 1.84 bits per heavy atom. The molecule has 2 aromatic rings. The monoisotopic (exact) mass is 457 g/mol. The highest BCUT2D eigenvalue weighted by Gasteiger charge is 2.61. The Hall–Kier alpha value is -2.45. The molecular formula is C24H28FN3O3S. The molecular weight excluding hydrogens is 429 g/mol. The summed E-state index contributed by atoms with van der Waals surface area (Å²) in [7, 11) is -3.48. The van der Waals surface area contributed by atoms with Gasteiger partial charge in [-0.05, 0) is 36.8 Å². The van der Waals surface area contributed by atoms with Crippen molar-refractivity contribution < 1.29 is 17.6 Å². The summed E-state index contributed by atoms with van der Waals surface area (Å²) in [5.74, 6) is -0.315. The average Bonchev–Trinajstić information content (AvgIpc) is 3.43. The number of nitrogens with one attached hydrogen (secondary N) is 1. The molecule has 8 heteroatoms. The van der Waals surface area contributed by atoms with Crippen LogP contribution in [0.2, 0.25) is 0 Å². The lowest BCUT2D eigenvalue weighted by molar-refractivity contribution is 0.120. The number of carbonyl (C=O) groups is 1. The van der Waals surface area contributed by atoms with E-state index < -0.39 is 22.1 Å². The molecule has 2 aromatic carbocycles. The van der Waals surface area contributed by atoms with E-state index in [4.69, 9.17) is 0 Å². The van der Waals surface area contributed by atoms with E-state index in [1.165, 1.54) is 0 Å². The van der Waals surface area contributed by atoms with E-state index in [9.17, 15) is 13.2 Å². The number of sulfonamides is 1. The predicted molar refractivity (Wildman–Crippen MR) is 121 cm³/mol. The Morgan fingerprint density at radius 1 is 1.12 bits per heavy atom. The first kappa shape index (κ1) is 21.4. The Balaban J connectivity index is 1.50. The van der Waals surface area contributed by atoms with E-state index in [-0.39, 0.29) is 23.7 Å². The predicted octanol–water partition coefficient (Wildman–Crippen LogP) is 3.24. The molecule has 3 aliphatic rings. The van der Waals surface area contributed by atoms with Crippen LogP contribution in [0.15, 0.2) is 48.5 Å². The Kier molecular flexibility index (Phi) is 5.25. The molecule has 1 saturated carbocycles. The number of halogens is 1. The highest BCUT2D eigenvalue weighted by molar-refractivity contribution is 7.88. The van der Waals surface area contributed by atoms with Gasteiger partial charge < -0.3 is 9.80 Å². The fourth-order valence-corrected chi connectivity index (χ4v) is 6.01. The summed E-state index contributed by atoms with van der Waals surface area (Å²) in [6.07, 6.45) is 4.13. The molecule has 3 fully saturated rings. The second-order valence-electron chi connectivity index (χ2n) is 9.40. The molecule has 0 radical (unpaired) electrons. The van der Waals surface area contributed by atoms with Gasteiger partial charge in [0.15, 0.2) is 0 Å². The molecule has 0 aromatic heterocycles. The molecule has 2 amide bonds. The van der Waals surface area contributed by atoms with Crippen LogP contribution in [0.5, 0.6) is 0 Å². The molecule has 0 unspecified atom stereocenters. The van der Waals surface area contributed by atoms with Gasteiger partial charge in [0, 0.05) is 36.7 Å². The highest BCUT2D eigenvalue weighted by atomic mass is 32.2. The quantitative estimate of drug-likeness (QED) is 0.750. The molecule has 2 saturated heterocycles. The Labute approximate surface area is 188 Å². The average molecular weight is 458 g/mol. The topological polar surface area (TPSA) is 69.7 Å². The minimum Gasteiger partial charge on any atom is -0.325 e. The van der Waals surface area contributed by atoms with Gasteiger partial charge in [-0.3, -0.25) is 0 Å². The number of carbonyl (C=O) groups excluding carboxylic acids is 1. The first-order valence-corrected chi connectivity index (χ1v) is 13.0. The second-order valence-corrected chi connectivity index (χ2v) is 11.2. The van der Waals surface area contributed by atoms with Crippen LogP contribution in [-0.4, -0.2) is 62.2 Å². The van der Waals surface area contributed by atoms with Crippen LogP contribution < -0.4 is 4.72 Å². The number of likely N-dealkylation sites (tertiary alicyclic amines) is 2. The van der Waals surface area contributed by atoms with Crippen molar-refractivity contribution in [3.05, 3.63) is 59.9 Å². The zero-order valence-electron chi connectivity index (χ0n) is 18.1. The maximum Gasteiger partial charge on any atom is 0.320 e. The minimum atomic E-state index is -3.48. The van der Waals surface area contributed by atoms with Crippen molar-refractivity contribution in [3.63, 3.8) is 0 Å². The highest BCUT2D eigenvalue weighted by Crippen LogP contribution is 2.55. The van der Waals surface area contributed by atoms with Gasteiger partial charge in [-0.25, -0.2) is 22.3 Å². The summed E-state index contributed by atoms with van der Waals surface area (Å²) in [5.41, 5.74) is 1.55. The summed E-state index contributed by atoms with van der Waals surface area (Å²) in [5, 5.41) is 0. The number of urea groups is 1. The standard InChI is InChI=1S/C24H28FN3O3S/c1-32(30,31)26-22-20(28(16-24(22)11-12-24)23(29)27-13-6-14-27)15-18-9-5-10-19(21(18)25)17-7-3-2-4-8-17/h2-5,7-10,20,22,26H,6,11-16H2,1H3/t20-,22+/m0/s1. The van der Waals surface area contributed by atoms with E-state index >= 15 is 4.39 Å². The minimum absolute atomic E-state index is 0.0649. The second kappa shape index (κ2) is 7.85. The van der Waals surface area contributed by atoms with Gasteiger partial charge in [-0.15, -0.1) is 0 Å². The van der Waals surface area contributed by atoms with Gasteiger partial charge in [-0.1, -0.05) is 48.5 Å². The van der Waals surface area contributed by atoms with Gasteiger partial charge in [0.05, 0.1) is 12.3 Å². The van der Waals surface area contributed by atoms with Crippen molar-refractivity contribution in [2.24, 2.45) is 5.41 Å². The number of rotatable bonds is 5. The van der Waals surface area contributed by atoms with Crippen LogP contribution >= 0.6 is 0 Å². The van der Waals surface area contributed by atoms with Crippen molar-refractivity contribution in [1.29, 1.82) is 0 Å². The zero-order chi connectivity index (χ0) is 22.5. The largest absolute Gasteiger partial charge is 0.325 e. The van der Waals surface area contributed by atoms with Gasteiger partial charge in [0.2, 0.25) is 10.0 Å². The number of hydrogen-bond acceptors (Lipinski definition) is 3. The summed E-state index contributed by atoms with van der Waals surface area (Å²) < 4.78 is 42.8. The van der Waals surface area contributed by atoms with Gasteiger partial charge in [0.1, 0.15) is 5.82 Å². The molecule has 2 aliphatic heterocycles. The van der Waals surface area contributed by atoms with Crippen molar-refractivity contribution >= 4 is 16.1 Å². The molecule has 32 heavy (non-hydrogen) atoms. The first-order valence-electron chi connectivity index (χ1n) is 11.1. The van der Waals surface area contributed by atoms with Crippen LogP contribution in [0.3, 0.4) is 0 Å². The normalized spacial score (nSPS) is 23.9. The lowest BCUT2D eigenvalue weighted by Gasteiger charge is -2.37. The number of amides is 2. The van der Waals surface area contributed by atoms with E-state index in [0.717, 1.165) is 44.2 Å². The van der Waals surface area contributed by atoms with Crippen molar-refractivity contribution in [2.75, 3.05) is 25.9 Å². The molecule has 2 heterocycles. The summed E-state index contributed by atoms with van der Waals surface area (Å²) in [6, 6.07) is 13.8. The smallest absolute Gasteiger partial charge is 0.320 e. The molecule has 5 rings (SSSR count). The third-order valence-corrected chi connectivity index (χ3v) is 7.81. The van der Waals surface area contributed by atoms with E-state index in [1.54, 1.807) is 21.9 Å².